The van der Waals surface area contributed by atoms with E-state index in [9.17, 15) is 14.4 Å². The van der Waals surface area contributed by atoms with Gasteiger partial charge in [-0.1, -0.05) is 99.2 Å². The largest absolute Gasteiger partial charge is 0.465 e. The Kier molecular flexibility index (Phi) is 13.1. The van der Waals surface area contributed by atoms with Crippen molar-refractivity contribution >= 4 is 39.8 Å². The van der Waals surface area contributed by atoms with Gasteiger partial charge in [0.2, 0.25) is 0 Å². The number of aromatic nitrogens is 2. The molecule has 2 aliphatic carbocycles. The lowest BCUT2D eigenvalue weighted by atomic mass is 9.81. The highest BCUT2D eigenvalue weighted by Crippen LogP contribution is 2.47. The number of likely N-dealkylation sites (N-methyl/N-ethyl adjacent to an activating group) is 1. The van der Waals surface area contributed by atoms with E-state index in [0.29, 0.717) is 42.6 Å². The molecule has 4 heterocycles. The molecule has 4 aliphatic rings. The number of fused-ring (bicyclic) bond motifs is 10. The highest BCUT2D eigenvalue weighted by molar-refractivity contribution is 6.00. The number of carbonyl (C=O) groups excluding carboxylic acids is 3. The Bertz CT molecular complexity index is 2760. The molecular weight excluding hydrogens is 825 g/mol. The van der Waals surface area contributed by atoms with E-state index in [1.165, 1.54) is 128 Å². The van der Waals surface area contributed by atoms with Crippen LogP contribution >= 0.6 is 0 Å². The smallest absolute Gasteiger partial charge is 0.410 e. The molecule has 10 heteroatoms. The molecule has 0 spiro atoms. The molecule has 0 N–H and O–H groups in total. The first-order valence-corrected chi connectivity index (χ1v) is 24.3. The molecule has 346 valence electrons. The van der Waals surface area contributed by atoms with Gasteiger partial charge in [0.15, 0.2) is 0 Å². The Morgan fingerprint density at radius 1 is 0.561 bits per heavy atom. The lowest BCUT2D eigenvalue weighted by Gasteiger charge is -2.31. The highest BCUT2D eigenvalue weighted by Gasteiger charge is 2.33. The lowest BCUT2D eigenvalue weighted by Crippen LogP contribution is -2.39. The van der Waals surface area contributed by atoms with Gasteiger partial charge in [-0.15, -0.1) is 0 Å². The Morgan fingerprint density at radius 3 is 1.48 bits per heavy atom. The fourth-order valence-corrected chi connectivity index (χ4v) is 11.3. The molecule has 66 heavy (non-hydrogen) atoms. The number of hydrogen-bond acceptors (Lipinski definition) is 7. The molecule has 0 bridgehead atoms. The second kappa shape index (κ2) is 19.2. The molecule has 0 saturated heterocycles. The molecular formula is C56H66N4O6. The molecule has 0 radical (unpaired) electrons. The maximum absolute atomic E-state index is 13.1. The minimum atomic E-state index is -0.562. The molecule has 2 aromatic heterocycles. The Hall–Kier alpha value is -5.87. The van der Waals surface area contributed by atoms with Crippen LogP contribution in [-0.4, -0.2) is 76.9 Å². The van der Waals surface area contributed by atoms with Crippen LogP contribution in [-0.2, 0) is 40.4 Å². The third-order valence-electron chi connectivity index (χ3n) is 14.4. The number of nitrogens with zero attached hydrogens (tertiary/aromatic N) is 4. The number of benzene rings is 4. The molecule has 2 saturated carbocycles. The van der Waals surface area contributed by atoms with Crippen LogP contribution in [0.5, 0.6) is 0 Å². The predicted octanol–water partition coefficient (Wildman–Crippen LogP) is 12.5. The van der Waals surface area contributed by atoms with Crippen molar-refractivity contribution in [1.82, 2.24) is 18.9 Å². The highest BCUT2D eigenvalue weighted by atomic mass is 16.6. The van der Waals surface area contributed by atoms with E-state index in [-0.39, 0.29) is 18.0 Å². The maximum atomic E-state index is 13.1. The van der Waals surface area contributed by atoms with Crippen molar-refractivity contribution in [3.63, 3.8) is 0 Å². The topological polar surface area (TPSA) is 95.2 Å². The van der Waals surface area contributed by atoms with Crippen molar-refractivity contribution in [1.29, 1.82) is 0 Å². The van der Waals surface area contributed by atoms with Gasteiger partial charge in [-0.25, -0.2) is 14.4 Å². The van der Waals surface area contributed by atoms with Crippen molar-refractivity contribution in [3.8, 4) is 22.5 Å². The van der Waals surface area contributed by atoms with Crippen LogP contribution in [0.3, 0.4) is 0 Å². The first-order chi connectivity index (χ1) is 31.9. The number of amides is 1. The summed E-state index contributed by atoms with van der Waals surface area (Å²) in [4.78, 5) is 42.0. The van der Waals surface area contributed by atoms with Crippen molar-refractivity contribution in [2.45, 2.75) is 129 Å². The minimum absolute atomic E-state index is 0.268. The van der Waals surface area contributed by atoms with Crippen LogP contribution in [0, 0.1) is 0 Å². The minimum Gasteiger partial charge on any atom is -0.465 e. The number of hydrogen-bond donors (Lipinski definition) is 0. The summed E-state index contributed by atoms with van der Waals surface area (Å²) in [5, 5.41) is 2.51. The summed E-state index contributed by atoms with van der Waals surface area (Å²) in [6.45, 7) is 10.2. The fraction of sp³-hybridized carbons (Fsp3) is 0.446. The average molecular weight is 891 g/mol. The molecule has 4 aromatic carbocycles. The average Bonchev–Trinajstić information content (AvgIpc) is 3.81. The number of methoxy groups -OCH3 is 2. The second-order valence-electron chi connectivity index (χ2n) is 19.9. The third kappa shape index (κ3) is 9.01. The van der Waals surface area contributed by atoms with Crippen LogP contribution in [0.1, 0.15) is 140 Å². The maximum Gasteiger partial charge on any atom is 0.410 e. The fourth-order valence-electron chi connectivity index (χ4n) is 11.3. The van der Waals surface area contributed by atoms with Gasteiger partial charge in [0.05, 0.1) is 36.7 Å². The Labute approximate surface area is 389 Å². The monoisotopic (exact) mass is 890 g/mol. The Morgan fingerprint density at radius 2 is 1.02 bits per heavy atom. The molecule has 2 fully saturated rings. The summed E-state index contributed by atoms with van der Waals surface area (Å²) in [5.74, 6) is 0.464. The number of esters is 2. The van der Waals surface area contributed by atoms with Crippen molar-refractivity contribution in [2.75, 3.05) is 34.4 Å². The SMILES string of the molecule is COC(=O)c1ccc2c(C3CCCCC3)c3n(c2c1)CCN(C(=O)OC(C)(C)C)Cc1ccccc1-3.COC(=O)c1ccc2c(C3CCCCC3)c3n(c2c1)CCN(C)Cc1ccccc1-3. The van der Waals surface area contributed by atoms with E-state index in [4.69, 9.17) is 14.2 Å². The van der Waals surface area contributed by atoms with Gasteiger partial charge >= 0.3 is 18.0 Å². The number of rotatable bonds is 4. The van der Waals surface area contributed by atoms with Crippen LogP contribution in [0.2, 0.25) is 0 Å². The summed E-state index contributed by atoms with van der Waals surface area (Å²) in [7, 11) is 5.06. The van der Waals surface area contributed by atoms with E-state index < -0.39 is 5.60 Å². The quantitative estimate of drug-likeness (QED) is 0.128. The van der Waals surface area contributed by atoms with E-state index in [1.807, 2.05) is 51.1 Å². The molecule has 0 unspecified atom stereocenters. The predicted molar refractivity (Wildman–Crippen MR) is 262 cm³/mol. The van der Waals surface area contributed by atoms with Crippen molar-refractivity contribution in [2.24, 2.45) is 0 Å². The summed E-state index contributed by atoms with van der Waals surface area (Å²) < 4.78 is 20.6. The van der Waals surface area contributed by atoms with Crippen LogP contribution < -0.4 is 0 Å². The van der Waals surface area contributed by atoms with E-state index in [2.05, 4.69) is 75.7 Å². The van der Waals surface area contributed by atoms with Crippen molar-refractivity contribution < 1.29 is 28.6 Å². The first kappa shape index (κ1) is 45.3. The molecule has 10 rings (SSSR count). The van der Waals surface area contributed by atoms with Crippen LogP contribution in [0.25, 0.3) is 44.3 Å². The zero-order valence-electron chi connectivity index (χ0n) is 39.8. The standard InChI is InChI=1S/C30H36N2O4.C26H30N2O2/c1-30(2,3)36-29(34)31-16-17-32-25-18-21(28(33)35-4)14-15-24(25)26(20-10-6-5-7-11-20)27(32)23-13-9-8-12-22(23)19-31;1-27-14-15-28-23-16-19(26(29)30-2)12-13-22(23)24(18-8-4-3-5-9-18)25(28)21-11-7-6-10-20(21)17-27/h8-9,12-15,18,20H,5-7,10-11,16-17,19H2,1-4H3;6-7,10-13,16,18H,3-5,8-9,14-15,17H2,1-2H3. The molecule has 10 nitrogen and oxygen atoms in total. The molecule has 2 aliphatic heterocycles. The van der Waals surface area contributed by atoms with Gasteiger partial charge < -0.3 is 33.1 Å². The van der Waals surface area contributed by atoms with E-state index in [1.54, 1.807) is 4.90 Å². The van der Waals surface area contributed by atoms with Crippen LogP contribution in [0.15, 0.2) is 84.9 Å². The summed E-state index contributed by atoms with van der Waals surface area (Å²) in [5.41, 5.74) is 13.3. The van der Waals surface area contributed by atoms with E-state index >= 15 is 0 Å². The number of ether oxygens (including phenoxy) is 3. The van der Waals surface area contributed by atoms with Gasteiger partial charge in [0, 0.05) is 72.2 Å². The van der Waals surface area contributed by atoms with Gasteiger partial charge in [-0.3, -0.25) is 0 Å². The lowest BCUT2D eigenvalue weighted by molar-refractivity contribution is 0.0226. The first-order valence-electron chi connectivity index (χ1n) is 24.3. The zero-order valence-corrected chi connectivity index (χ0v) is 39.8. The van der Waals surface area contributed by atoms with Gasteiger partial charge in [0.1, 0.15) is 5.60 Å². The third-order valence-corrected chi connectivity index (χ3v) is 14.4. The Balaban J connectivity index is 0.000000169. The second-order valence-corrected chi connectivity index (χ2v) is 19.9. The van der Waals surface area contributed by atoms with Gasteiger partial charge in [-0.05, 0) is 112 Å². The van der Waals surface area contributed by atoms with Crippen molar-refractivity contribution in [3.05, 3.63) is 118 Å². The molecule has 0 atom stereocenters. The van der Waals surface area contributed by atoms with Crippen LogP contribution in [0.4, 0.5) is 4.79 Å². The van der Waals surface area contributed by atoms with E-state index in [0.717, 1.165) is 36.3 Å². The normalized spacial score (nSPS) is 17.2. The van der Waals surface area contributed by atoms with Gasteiger partial charge in [-0.2, -0.15) is 0 Å². The number of carbonyl (C=O) groups is 3. The zero-order chi connectivity index (χ0) is 46.1. The molecule has 1 amide bonds. The summed E-state index contributed by atoms with van der Waals surface area (Å²) in [6, 6.07) is 29.3. The molecule has 6 aromatic rings. The summed E-state index contributed by atoms with van der Waals surface area (Å²) in [6.07, 6.45) is 12.3. The van der Waals surface area contributed by atoms with Gasteiger partial charge in [0.25, 0.3) is 0 Å². The summed E-state index contributed by atoms with van der Waals surface area (Å²) >= 11 is 0.